The largest absolute Gasteiger partial charge is 0.385 e. The first-order valence-corrected chi connectivity index (χ1v) is 6.63. The van der Waals surface area contributed by atoms with Gasteiger partial charge >= 0.3 is 0 Å². The topological polar surface area (TPSA) is 40.7 Å². The number of hydrogen-bond donors (Lipinski definition) is 2. The van der Waals surface area contributed by atoms with Crippen molar-refractivity contribution in [2.24, 2.45) is 5.92 Å². The Morgan fingerprint density at radius 3 is 2.61 bits per heavy atom. The number of H-pyrrole nitrogens is 1. The monoisotopic (exact) mass is 243 g/mol. The van der Waals surface area contributed by atoms with Gasteiger partial charge in [0.25, 0.3) is 0 Å². The maximum Gasteiger partial charge on any atom is 0.0650 e. The lowest BCUT2D eigenvalue weighted by Crippen LogP contribution is -2.10. The average Bonchev–Trinajstić information content (AvgIpc) is 2.91. The van der Waals surface area contributed by atoms with Crippen LogP contribution in [-0.2, 0) is 0 Å². The molecule has 1 heterocycles. The molecule has 1 atom stereocenters. The highest BCUT2D eigenvalue weighted by Crippen LogP contribution is 2.19. The lowest BCUT2D eigenvalue weighted by molar-refractivity contribution is 0.551. The summed E-state index contributed by atoms with van der Waals surface area (Å²) < 4.78 is 0. The molecule has 96 valence electrons. The van der Waals surface area contributed by atoms with E-state index < -0.39 is 0 Å². The van der Waals surface area contributed by atoms with E-state index in [-0.39, 0.29) is 0 Å². The molecule has 2 N–H and O–H groups in total. The van der Waals surface area contributed by atoms with E-state index in [0.717, 1.165) is 18.2 Å². The maximum absolute atomic E-state index is 3.96. The molecule has 1 aromatic carbocycles. The molecule has 3 heteroatoms. The predicted molar refractivity (Wildman–Crippen MR) is 76.6 cm³/mol. The molecule has 0 fully saturated rings. The van der Waals surface area contributed by atoms with Gasteiger partial charge in [-0.25, -0.2) is 0 Å². The Balaban J connectivity index is 1.92. The first-order valence-electron chi connectivity index (χ1n) is 6.63. The van der Waals surface area contributed by atoms with Crippen molar-refractivity contribution < 1.29 is 0 Å². The highest BCUT2D eigenvalue weighted by atomic mass is 15.1. The van der Waals surface area contributed by atoms with Crippen LogP contribution in [-0.4, -0.2) is 16.7 Å². The van der Waals surface area contributed by atoms with Crippen LogP contribution >= 0.6 is 0 Å². The van der Waals surface area contributed by atoms with Gasteiger partial charge in [-0.3, -0.25) is 5.10 Å². The zero-order chi connectivity index (χ0) is 12.8. The molecule has 0 saturated carbocycles. The number of nitrogens with one attached hydrogen (secondary N) is 2. The summed E-state index contributed by atoms with van der Waals surface area (Å²) in [7, 11) is 0. The summed E-state index contributed by atoms with van der Waals surface area (Å²) in [5, 5.41) is 10.4. The Labute approximate surface area is 109 Å². The Kier molecular flexibility index (Phi) is 4.40. The molecule has 0 aliphatic heterocycles. The number of anilines is 1. The van der Waals surface area contributed by atoms with E-state index in [2.05, 4.69) is 53.6 Å². The molecule has 0 aliphatic carbocycles. The summed E-state index contributed by atoms with van der Waals surface area (Å²) in [6.07, 6.45) is 4.30. The summed E-state index contributed by atoms with van der Waals surface area (Å²) in [4.78, 5) is 0. The van der Waals surface area contributed by atoms with E-state index in [1.165, 1.54) is 24.1 Å². The van der Waals surface area contributed by atoms with Crippen molar-refractivity contribution >= 4 is 5.69 Å². The van der Waals surface area contributed by atoms with Crippen LogP contribution < -0.4 is 5.32 Å². The van der Waals surface area contributed by atoms with E-state index >= 15 is 0 Å². The van der Waals surface area contributed by atoms with Crippen molar-refractivity contribution in [2.45, 2.75) is 26.7 Å². The smallest absolute Gasteiger partial charge is 0.0650 e. The molecule has 0 aliphatic rings. The zero-order valence-corrected chi connectivity index (χ0v) is 11.1. The molecule has 0 spiro atoms. The SMILES string of the molecule is CCCC(C)CNc1ccc(-c2ccn[nH]2)cc1. The van der Waals surface area contributed by atoms with Gasteiger partial charge in [0.05, 0.1) is 5.69 Å². The lowest BCUT2D eigenvalue weighted by Gasteiger charge is -2.12. The van der Waals surface area contributed by atoms with Crippen molar-refractivity contribution in [1.82, 2.24) is 10.2 Å². The van der Waals surface area contributed by atoms with Gasteiger partial charge in [0.15, 0.2) is 0 Å². The molecular weight excluding hydrogens is 222 g/mol. The third kappa shape index (κ3) is 3.36. The Morgan fingerprint density at radius 1 is 1.22 bits per heavy atom. The maximum atomic E-state index is 3.96. The second kappa shape index (κ2) is 6.24. The third-order valence-corrected chi connectivity index (χ3v) is 3.13. The summed E-state index contributed by atoms with van der Waals surface area (Å²) in [6, 6.07) is 10.4. The highest BCUT2D eigenvalue weighted by molar-refractivity contribution is 5.62. The fourth-order valence-electron chi connectivity index (χ4n) is 2.07. The van der Waals surface area contributed by atoms with Gasteiger partial charge < -0.3 is 5.32 Å². The number of hydrogen-bond acceptors (Lipinski definition) is 2. The van der Waals surface area contributed by atoms with Crippen molar-refractivity contribution in [3.63, 3.8) is 0 Å². The van der Waals surface area contributed by atoms with Gasteiger partial charge in [-0.2, -0.15) is 5.10 Å². The molecule has 0 saturated heterocycles. The number of aromatic amines is 1. The van der Waals surface area contributed by atoms with E-state index in [1.54, 1.807) is 6.20 Å². The van der Waals surface area contributed by atoms with Gasteiger partial charge in [-0.05, 0) is 36.1 Å². The minimum Gasteiger partial charge on any atom is -0.385 e. The standard InChI is InChI=1S/C15H21N3/c1-3-4-12(2)11-16-14-7-5-13(6-8-14)15-9-10-17-18-15/h5-10,12,16H,3-4,11H2,1-2H3,(H,17,18). The molecule has 3 nitrogen and oxygen atoms in total. The fourth-order valence-corrected chi connectivity index (χ4v) is 2.07. The Bertz CT molecular complexity index is 445. The van der Waals surface area contributed by atoms with Gasteiger partial charge in [-0.1, -0.05) is 32.4 Å². The number of nitrogens with zero attached hydrogens (tertiary/aromatic N) is 1. The molecule has 0 bridgehead atoms. The van der Waals surface area contributed by atoms with Crippen LogP contribution in [0.3, 0.4) is 0 Å². The predicted octanol–water partition coefficient (Wildman–Crippen LogP) is 3.92. The first-order chi connectivity index (χ1) is 8.79. The summed E-state index contributed by atoms with van der Waals surface area (Å²) in [5.41, 5.74) is 3.40. The van der Waals surface area contributed by atoms with Crippen LogP contribution in [0.4, 0.5) is 5.69 Å². The van der Waals surface area contributed by atoms with Crippen LogP contribution in [0, 0.1) is 5.92 Å². The first kappa shape index (κ1) is 12.7. The number of benzene rings is 1. The van der Waals surface area contributed by atoms with Crippen molar-refractivity contribution in [2.75, 3.05) is 11.9 Å². The van der Waals surface area contributed by atoms with E-state index in [1.807, 2.05) is 6.07 Å². The average molecular weight is 243 g/mol. The van der Waals surface area contributed by atoms with Crippen LogP contribution in [0.5, 0.6) is 0 Å². The zero-order valence-electron chi connectivity index (χ0n) is 11.1. The highest BCUT2D eigenvalue weighted by Gasteiger charge is 2.01. The van der Waals surface area contributed by atoms with Crippen molar-refractivity contribution in [1.29, 1.82) is 0 Å². The van der Waals surface area contributed by atoms with Crippen molar-refractivity contribution in [3.05, 3.63) is 36.5 Å². The summed E-state index contributed by atoms with van der Waals surface area (Å²) in [6.45, 7) is 5.56. The minimum atomic E-state index is 0.724. The normalized spacial score (nSPS) is 12.3. The number of rotatable bonds is 6. The van der Waals surface area contributed by atoms with Gasteiger partial charge in [0, 0.05) is 18.4 Å². The quantitative estimate of drug-likeness (QED) is 0.807. The molecule has 2 rings (SSSR count). The Morgan fingerprint density at radius 2 is 2.00 bits per heavy atom. The van der Waals surface area contributed by atoms with Crippen molar-refractivity contribution in [3.8, 4) is 11.3 Å². The molecule has 18 heavy (non-hydrogen) atoms. The number of aromatic nitrogens is 2. The Hall–Kier alpha value is -1.77. The third-order valence-electron chi connectivity index (χ3n) is 3.13. The molecular formula is C15H21N3. The second-order valence-corrected chi connectivity index (χ2v) is 4.82. The van der Waals surface area contributed by atoms with E-state index in [4.69, 9.17) is 0 Å². The van der Waals surface area contributed by atoms with Gasteiger partial charge in [-0.15, -0.1) is 0 Å². The fraction of sp³-hybridized carbons (Fsp3) is 0.400. The van der Waals surface area contributed by atoms with Crippen LogP contribution in [0.2, 0.25) is 0 Å². The molecule has 0 radical (unpaired) electrons. The van der Waals surface area contributed by atoms with E-state index in [0.29, 0.717) is 0 Å². The lowest BCUT2D eigenvalue weighted by atomic mass is 10.1. The van der Waals surface area contributed by atoms with Gasteiger partial charge in [0.1, 0.15) is 0 Å². The van der Waals surface area contributed by atoms with Crippen LogP contribution in [0.1, 0.15) is 26.7 Å². The molecule has 1 aromatic heterocycles. The van der Waals surface area contributed by atoms with Crippen LogP contribution in [0.15, 0.2) is 36.5 Å². The summed E-state index contributed by atoms with van der Waals surface area (Å²) >= 11 is 0. The molecule has 1 unspecified atom stereocenters. The molecule has 0 amide bonds. The second-order valence-electron chi connectivity index (χ2n) is 4.82. The van der Waals surface area contributed by atoms with Gasteiger partial charge in [0.2, 0.25) is 0 Å². The minimum absolute atomic E-state index is 0.724. The summed E-state index contributed by atoms with van der Waals surface area (Å²) in [5.74, 6) is 0.724. The van der Waals surface area contributed by atoms with E-state index in [9.17, 15) is 0 Å². The molecule has 2 aromatic rings. The van der Waals surface area contributed by atoms with Crippen LogP contribution in [0.25, 0.3) is 11.3 Å².